The highest BCUT2D eigenvalue weighted by atomic mass is 32.1. The first kappa shape index (κ1) is 25.5. The second-order valence-electron chi connectivity index (χ2n) is 9.13. The van der Waals surface area contributed by atoms with Gasteiger partial charge in [0.1, 0.15) is 17.8 Å². The van der Waals surface area contributed by atoms with Crippen molar-refractivity contribution in [3.63, 3.8) is 0 Å². The van der Waals surface area contributed by atoms with E-state index in [1.165, 1.54) is 34.8 Å². The number of carbonyl (C=O) groups is 4. The number of carbonyl (C=O) groups excluding carboxylic acids is 4. The van der Waals surface area contributed by atoms with Crippen molar-refractivity contribution in [3.05, 3.63) is 46.7 Å². The molecule has 3 heterocycles. The van der Waals surface area contributed by atoms with Gasteiger partial charge in [0.25, 0.3) is 5.91 Å². The predicted octanol–water partition coefficient (Wildman–Crippen LogP) is 0.966. The van der Waals surface area contributed by atoms with Crippen LogP contribution in [0.3, 0.4) is 0 Å². The number of aromatic nitrogens is 2. The molecule has 36 heavy (non-hydrogen) atoms. The Labute approximate surface area is 213 Å². The lowest BCUT2D eigenvalue weighted by atomic mass is 9.96. The zero-order chi connectivity index (χ0) is 25.5. The highest BCUT2D eigenvalue weighted by Gasteiger charge is 2.44. The first-order chi connectivity index (χ1) is 17.4. The van der Waals surface area contributed by atoms with Crippen molar-refractivity contribution in [2.24, 2.45) is 5.73 Å². The summed E-state index contributed by atoms with van der Waals surface area (Å²) in [6.45, 7) is 0.230. The van der Waals surface area contributed by atoms with E-state index in [9.17, 15) is 19.2 Å². The molecule has 12 heteroatoms. The van der Waals surface area contributed by atoms with Gasteiger partial charge in [0, 0.05) is 36.3 Å². The average Bonchev–Trinajstić information content (AvgIpc) is 3.54. The van der Waals surface area contributed by atoms with Crippen molar-refractivity contribution in [1.82, 2.24) is 30.8 Å². The number of amides is 5. The molecule has 0 aromatic carbocycles. The molecule has 1 saturated carbocycles. The van der Waals surface area contributed by atoms with Crippen molar-refractivity contribution in [1.29, 1.82) is 0 Å². The topological polar surface area (TPSA) is 159 Å². The van der Waals surface area contributed by atoms with Crippen LogP contribution in [0.5, 0.6) is 0 Å². The van der Waals surface area contributed by atoms with Crippen molar-refractivity contribution in [2.75, 3.05) is 6.54 Å². The minimum Gasteiger partial charge on any atom is -0.368 e. The number of thiophene rings is 1. The molecule has 2 aromatic heterocycles. The van der Waals surface area contributed by atoms with E-state index in [1.807, 2.05) is 17.5 Å². The second-order valence-corrected chi connectivity index (χ2v) is 10.2. The molecule has 11 nitrogen and oxygen atoms in total. The standard InChI is InChI=1S/C24H31N7O4S/c25-21(32)18(13-16-7-4-12-36-16)29-22(33)20-17(30-24(35)28-15-5-2-1-3-6-15)8-11-31(20)23(34)19-14-26-9-10-27-19/h4,7,9-10,12,14-15,17-18,20H,1-3,5-6,8,11,13H2,(H2,25,32)(H,29,33)(H2,28,30,35)/t17-,18-,20-/m0/s1. The highest BCUT2D eigenvalue weighted by molar-refractivity contribution is 7.09. The van der Waals surface area contributed by atoms with Gasteiger partial charge in [-0.15, -0.1) is 11.3 Å². The fraction of sp³-hybridized carbons (Fsp3) is 0.500. The van der Waals surface area contributed by atoms with E-state index < -0.39 is 35.8 Å². The molecule has 0 bridgehead atoms. The molecule has 4 rings (SSSR count). The number of hydrogen-bond acceptors (Lipinski definition) is 7. The van der Waals surface area contributed by atoms with Crippen molar-refractivity contribution in [2.45, 2.75) is 69.1 Å². The number of nitrogens with two attached hydrogens (primary N) is 1. The molecule has 5 amide bonds. The highest BCUT2D eigenvalue weighted by Crippen LogP contribution is 2.22. The monoisotopic (exact) mass is 513 g/mol. The van der Waals surface area contributed by atoms with E-state index in [4.69, 9.17) is 5.73 Å². The molecule has 0 radical (unpaired) electrons. The van der Waals surface area contributed by atoms with Crippen LogP contribution in [0.1, 0.15) is 53.9 Å². The number of rotatable bonds is 8. The molecule has 1 aliphatic heterocycles. The van der Waals surface area contributed by atoms with Gasteiger partial charge in [-0.3, -0.25) is 19.4 Å². The zero-order valence-corrected chi connectivity index (χ0v) is 20.7. The summed E-state index contributed by atoms with van der Waals surface area (Å²) in [6.07, 6.45) is 9.93. The zero-order valence-electron chi connectivity index (χ0n) is 19.9. The van der Waals surface area contributed by atoms with Gasteiger partial charge >= 0.3 is 6.03 Å². The fourth-order valence-corrected chi connectivity index (χ4v) is 5.56. The Kier molecular flexibility index (Phi) is 8.47. The number of nitrogens with one attached hydrogen (secondary N) is 3. The molecular weight excluding hydrogens is 482 g/mol. The van der Waals surface area contributed by atoms with Gasteiger partial charge < -0.3 is 26.6 Å². The van der Waals surface area contributed by atoms with E-state index in [1.54, 1.807) is 0 Å². The van der Waals surface area contributed by atoms with Crippen LogP contribution in [0.4, 0.5) is 4.79 Å². The lowest BCUT2D eigenvalue weighted by molar-refractivity contribution is -0.130. The third-order valence-corrected chi connectivity index (χ3v) is 7.51. The van der Waals surface area contributed by atoms with Crippen LogP contribution >= 0.6 is 11.3 Å². The molecular formula is C24H31N7O4S. The Bertz CT molecular complexity index is 1060. The number of primary amides is 1. The molecule has 1 saturated heterocycles. The Morgan fingerprint density at radius 2 is 1.92 bits per heavy atom. The van der Waals surface area contributed by atoms with Crippen LogP contribution in [0, 0.1) is 0 Å². The van der Waals surface area contributed by atoms with Gasteiger partial charge in [0.15, 0.2) is 0 Å². The molecule has 2 fully saturated rings. The van der Waals surface area contributed by atoms with Crippen molar-refractivity contribution in [3.8, 4) is 0 Å². The van der Waals surface area contributed by atoms with Gasteiger partial charge in [0.05, 0.1) is 12.2 Å². The van der Waals surface area contributed by atoms with Gasteiger partial charge in [-0.05, 0) is 30.7 Å². The molecule has 3 atom stereocenters. The smallest absolute Gasteiger partial charge is 0.315 e. The maximum absolute atomic E-state index is 13.5. The fourth-order valence-electron chi connectivity index (χ4n) is 4.80. The summed E-state index contributed by atoms with van der Waals surface area (Å²) in [7, 11) is 0. The summed E-state index contributed by atoms with van der Waals surface area (Å²) in [5.74, 6) is -1.72. The Morgan fingerprint density at radius 3 is 2.58 bits per heavy atom. The van der Waals surface area contributed by atoms with E-state index >= 15 is 0 Å². The van der Waals surface area contributed by atoms with Crippen LogP contribution in [0.15, 0.2) is 36.1 Å². The minimum absolute atomic E-state index is 0.0904. The summed E-state index contributed by atoms with van der Waals surface area (Å²) < 4.78 is 0. The van der Waals surface area contributed by atoms with E-state index in [0.29, 0.717) is 6.42 Å². The van der Waals surface area contributed by atoms with Crippen LogP contribution in [-0.4, -0.2) is 69.3 Å². The first-order valence-electron chi connectivity index (χ1n) is 12.2. The third-order valence-electron chi connectivity index (χ3n) is 6.61. The Balaban J connectivity index is 1.50. The maximum atomic E-state index is 13.5. The quantitative estimate of drug-likeness (QED) is 0.411. The number of likely N-dealkylation sites (tertiary alicyclic amines) is 1. The van der Waals surface area contributed by atoms with Gasteiger partial charge in [0.2, 0.25) is 11.8 Å². The third kappa shape index (κ3) is 6.36. The number of nitrogens with zero attached hydrogens (tertiary/aromatic N) is 3. The largest absolute Gasteiger partial charge is 0.368 e. The van der Waals surface area contributed by atoms with Gasteiger partial charge in [-0.1, -0.05) is 25.3 Å². The van der Waals surface area contributed by atoms with Crippen molar-refractivity contribution >= 4 is 35.1 Å². The van der Waals surface area contributed by atoms with Gasteiger partial charge in [-0.2, -0.15) is 0 Å². The summed E-state index contributed by atoms with van der Waals surface area (Å²) in [5, 5.41) is 10.5. The summed E-state index contributed by atoms with van der Waals surface area (Å²) >= 11 is 1.45. The van der Waals surface area contributed by atoms with Crippen molar-refractivity contribution < 1.29 is 19.2 Å². The van der Waals surface area contributed by atoms with E-state index in [2.05, 4.69) is 25.9 Å². The lowest BCUT2D eigenvalue weighted by Gasteiger charge is -2.29. The summed E-state index contributed by atoms with van der Waals surface area (Å²) in [5.41, 5.74) is 5.67. The molecule has 2 aromatic rings. The molecule has 1 aliphatic carbocycles. The molecule has 2 aliphatic rings. The average molecular weight is 514 g/mol. The van der Waals surface area contributed by atoms with Gasteiger partial charge in [-0.25, -0.2) is 9.78 Å². The normalized spacial score (nSPS) is 20.9. The van der Waals surface area contributed by atoms with Crippen LogP contribution in [0.2, 0.25) is 0 Å². The van der Waals surface area contributed by atoms with E-state index in [-0.39, 0.29) is 30.7 Å². The molecule has 192 valence electrons. The Hall–Kier alpha value is -3.54. The predicted molar refractivity (Wildman–Crippen MR) is 133 cm³/mol. The number of hydrogen-bond donors (Lipinski definition) is 4. The number of urea groups is 1. The lowest BCUT2D eigenvalue weighted by Crippen LogP contribution is -2.59. The van der Waals surface area contributed by atoms with E-state index in [0.717, 1.165) is 37.0 Å². The molecule has 0 unspecified atom stereocenters. The molecule has 5 N–H and O–H groups in total. The summed E-state index contributed by atoms with van der Waals surface area (Å²) in [6, 6.07) is 0.779. The van der Waals surface area contributed by atoms with Crippen LogP contribution < -0.4 is 21.7 Å². The Morgan fingerprint density at radius 1 is 1.11 bits per heavy atom. The SMILES string of the molecule is NC(=O)[C@H](Cc1cccs1)NC(=O)[C@@H]1[C@@H](NC(=O)NC2CCCCC2)CCN1C(=O)c1cnccn1. The molecule has 0 spiro atoms. The van der Waals surface area contributed by atoms with Crippen LogP contribution in [0.25, 0.3) is 0 Å². The second kappa shape index (κ2) is 11.9. The minimum atomic E-state index is -1.04. The first-order valence-corrected chi connectivity index (χ1v) is 13.1. The summed E-state index contributed by atoms with van der Waals surface area (Å²) in [4.78, 5) is 61.9. The maximum Gasteiger partial charge on any atom is 0.315 e. The van der Waals surface area contributed by atoms with Crippen LogP contribution in [-0.2, 0) is 16.0 Å².